The van der Waals surface area contributed by atoms with E-state index in [9.17, 15) is 4.79 Å². The zero-order valence-corrected chi connectivity index (χ0v) is 34.4. The molecule has 54 heavy (non-hydrogen) atoms. The number of carbonyl (C=O) groups is 1. The van der Waals surface area contributed by atoms with E-state index in [1.54, 1.807) is 0 Å². The molecular weight excluding hydrogens is 841 g/mol. The van der Waals surface area contributed by atoms with Crippen molar-refractivity contribution < 1.29 is 30.0 Å². The van der Waals surface area contributed by atoms with E-state index in [0.29, 0.717) is 0 Å². The summed E-state index contributed by atoms with van der Waals surface area (Å²) in [4.78, 5) is 19.0. The first-order valence-corrected chi connectivity index (χ1v) is 18.8. The Balaban J connectivity index is 0.000000174. The second-order valence-electron chi connectivity index (χ2n) is 13.8. The number of nitrogens with zero attached hydrogens (tertiary/aromatic N) is 2. The molecule has 4 aromatic carbocycles. The molecule has 0 fully saturated rings. The molecule has 0 bridgehead atoms. The molecule has 4 nitrogen and oxygen atoms in total. The van der Waals surface area contributed by atoms with E-state index in [0.717, 1.165) is 48.2 Å². The SMILES string of the molecule is CC(=O)/C=C(/C)O.CCC1(CC)c2ccccc2-c2c[c-]c(-c3ccccn3)cc21.CCC1(CC)c2ccccc2-c2c[c-]c(-c3ccccn3)cc21.[Ir]. The third kappa shape index (κ3) is 7.53. The molecule has 2 aliphatic rings. The van der Waals surface area contributed by atoms with Crippen LogP contribution >= 0.6 is 0 Å². The van der Waals surface area contributed by atoms with Gasteiger partial charge >= 0.3 is 0 Å². The largest absolute Gasteiger partial charge is 0.512 e. The smallest absolute Gasteiger partial charge is 0.155 e. The molecule has 0 spiro atoms. The van der Waals surface area contributed by atoms with Crippen LogP contribution in [0.3, 0.4) is 0 Å². The summed E-state index contributed by atoms with van der Waals surface area (Å²) in [6.07, 6.45) is 9.30. The van der Waals surface area contributed by atoms with Gasteiger partial charge in [0.05, 0.1) is 5.76 Å². The number of benzene rings is 4. The van der Waals surface area contributed by atoms with Crippen molar-refractivity contribution in [1.82, 2.24) is 9.97 Å². The molecule has 2 aromatic heterocycles. The van der Waals surface area contributed by atoms with Crippen LogP contribution in [0.2, 0.25) is 0 Å². The van der Waals surface area contributed by atoms with Crippen molar-refractivity contribution in [2.45, 2.75) is 78.1 Å². The zero-order valence-electron chi connectivity index (χ0n) is 32.0. The molecule has 0 amide bonds. The number of ketones is 1. The molecule has 0 saturated heterocycles. The van der Waals surface area contributed by atoms with Gasteiger partial charge in [-0.15, -0.1) is 58.7 Å². The monoisotopic (exact) mass is 889 g/mol. The van der Waals surface area contributed by atoms with E-state index in [2.05, 4.69) is 135 Å². The minimum Gasteiger partial charge on any atom is -0.512 e. The van der Waals surface area contributed by atoms with Gasteiger partial charge in [-0.05, 0) is 74.2 Å². The van der Waals surface area contributed by atoms with Crippen LogP contribution in [0.25, 0.3) is 44.8 Å². The fraction of sp³-hybridized carbons (Fsp3) is 0.245. The Hall–Kier alpha value is -4.96. The summed E-state index contributed by atoms with van der Waals surface area (Å²) >= 11 is 0. The molecule has 0 saturated carbocycles. The Bertz CT molecular complexity index is 2090. The predicted molar refractivity (Wildman–Crippen MR) is 218 cm³/mol. The second-order valence-corrected chi connectivity index (χ2v) is 13.8. The fourth-order valence-electron chi connectivity index (χ4n) is 8.44. The minimum absolute atomic E-state index is 0. The number of pyridine rings is 2. The number of rotatable bonds is 7. The Labute approximate surface area is 334 Å². The Morgan fingerprint density at radius 2 is 0.981 bits per heavy atom. The van der Waals surface area contributed by atoms with Crippen LogP contribution in [0.5, 0.6) is 0 Å². The average Bonchev–Trinajstić information content (AvgIpc) is 3.65. The Kier molecular flexibility index (Phi) is 13.0. The number of allylic oxidation sites excluding steroid dienone is 2. The van der Waals surface area contributed by atoms with E-state index < -0.39 is 0 Å². The van der Waals surface area contributed by atoms with Crippen LogP contribution in [0.15, 0.2) is 133 Å². The minimum atomic E-state index is -0.125. The van der Waals surface area contributed by atoms with Crippen molar-refractivity contribution >= 4 is 5.78 Å². The van der Waals surface area contributed by atoms with E-state index in [4.69, 9.17) is 5.11 Å². The van der Waals surface area contributed by atoms with Gasteiger partial charge in [-0.1, -0.05) is 123 Å². The topological polar surface area (TPSA) is 63.1 Å². The molecule has 2 aliphatic carbocycles. The molecular formula is C49H48IrN2O2-2. The maximum Gasteiger partial charge on any atom is 0.155 e. The van der Waals surface area contributed by atoms with Crippen molar-refractivity contribution in [2.75, 3.05) is 0 Å². The summed E-state index contributed by atoms with van der Waals surface area (Å²) in [5, 5.41) is 8.36. The van der Waals surface area contributed by atoms with E-state index in [1.165, 1.54) is 64.4 Å². The summed E-state index contributed by atoms with van der Waals surface area (Å²) < 4.78 is 0. The maximum absolute atomic E-state index is 10.0. The Morgan fingerprint density at radius 1 is 0.593 bits per heavy atom. The van der Waals surface area contributed by atoms with Crippen molar-refractivity contribution in [1.29, 1.82) is 0 Å². The summed E-state index contributed by atoms with van der Waals surface area (Å²) in [5.74, 6) is -0.0625. The quantitative estimate of drug-likeness (QED) is 0.0985. The third-order valence-corrected chi connectivity index (χ3v) is 11.1. The normalized spacial score (nSPS) is 13.7. The van der Waals surface area contributed by atoms with Crippen LogP contribution in [0.1, 0.15) is 89.5 Å². The van der Waals surface area contributed by atoms with E-state index in [-0.39, 0.29) is 42.5 Å². The molecule has 2 heterocycles. The fourth-order valence-corrected chi connectivity index (χ4v) is 8.44. The van der Waals surface area contributed by atoms with Crippen LogP contribution in [0, 0.1) is 12.1 Å². The van der Waals surface area contributed by atoms with Crippen LogP contribution in [-0.2, 0) is 35.7 Å². The molecule has 0 atom stereocenters. The van der Waals surface area contributed by atoms with Gasteiger partial charge in [-0.2, -0.15) is 0 Å². The third-order valence-electron chi connectivity index (χ3n) is 11.1. The Morgan fingerprint density at radius 3 is 1.30 bits per heavy atom. The first-order chi connectivity index (χ1) is 25.7. The second kappa shape index (κ2) is 17.5. The zero-order chi connectivity index (χ0) is 37.6. The first kappa shape index (κ1) is 40.2. The summed E-state index contributed by atoms with van der Waals surface area (Å²) in [6, 6.07) is 45.6. The molecule has 8 rings (SSSR count). The number of carbonyl (C=O) groups excluding carboxylic acids is 1. The number of fused-ring (bicyclic) bond motifs is 6. The van der Waals surface area contributed by atoms with Gasteiger partial charge in [0.2, 0.25) is 0 Å². The molecule has 0 aliphatic heterocycles. The van der Waals surface area contributed by atoms with Gasteiger partial charge in [0.15, 0.2) is 5.78 Å². The van der Waals surface area contributed by atoms with Gasteiger partial charge in [0, 0.05) is 49.4 Å². The summed E-state index contributed by atoms with van der Waals surface area (Å²) in [7, 11) is 0. The molecule has 0 unspecified atom stereocenters. The molecule has 5 heteroatoms. The summed E-state index contributed by atoms with van der Waals surface area (Å²) in [5.41, 5.74) is 15.6. The molecule has 6 aromatic rings. The number of hydrogen-bond acceptors (Lipinski definition) is 4. The average molecular weight is 889 g/mol. The number of aliphatic hydroxyl groups excluding tert-OH is 1. The van der Waals surface area contributed by atoms with Gasteiger partial charge in [0.25, 0.3) is 0 Å². The van der Waals surface area contributed by atoms with Crippen molar-refractivity contribution in [3.8, 4) is 44.8 Å². The van der Waals surface area contributed by atoms with Crippen LogP contribution in [-0.4, -0.2) is 20.9 Å². The molecule has 1 N–H and O–H groups in total. The van der Waals surface area contributed by atoms with E-state index in [1.807, 2.05) is 36.7 Å². The summed E-state index contributed by atoms with van der Waals surface area (Å²) in [6.45, 7) is 12.0. The molecule has 277 valence electrons. The van der Waals surface area contributed by atoms with Gasteiger partial charge in [-0.25, -0.2) is 0 Å². The van der Waals surface area contributed by atoms with Gasteiger partial charge < -0.3 is 15.1 Å². The predicted octanol–water partition coefficient (Wildman–Crippen LogP) is 12.3. The number of aromatic nitrogens is 2. The molecule has 1 radical (unpaired) electrons. The standard InChI is InChI=1S/2C22H20N.C5H8O2.Ir/c2*1-3-22(4-2)19-10-6-5-9-17(19)18-13-12-16(15-20(18)22)21-11-7-8-14-23-21;1-4(6)3-5(2)7;/h2*5-11,13-15H,3-4H2,1-2H3;3,6H,1-2H3;/q2*-1;;/b;;4-3-;. The van der Waals surface area contributed by atoms with E-state index >= 15 is 0 Å². The van der Waals surface area contributed by atoms with Crippen LogP contribution in [0.4, 0.5) is 0 Å². The van der Waals surface area contributed by atoms with Crippen LogP contribution < -0.4 is 0 Å². The maximum atomic E-state index is 10.0. The van der Waals surface area contributed by atoms with Crippen molar-refractivity contribution in [3.05, 3.63) is 168 Å². The van der Waals surface area contributed by atoms with Crippen molar-refractivity contribution in [2.24, 2.45) is 0 Å². The first-order valence-electron chi connectivity index (χ1n) is 18.8. The number of hydrogen-bond donors (Lipinski definition) is 1. The van der Waals surface area contributed by atoms with Gasteiger partial charge in [0.1, 0.15) is 0 Å². The van der Waals surface area contributed by atoms with Gasteiger partial charge in [-0.3, -0.25) is 4.79 Å². The van der Waals surface area contributed by atoms with Crippen molar-refractivity contribution in [3.63, 3.8) is 0 Å². The number of aliphatic hydroxyl groups is 1.